The predicted molar refractivity (Wildman–Crippen MR) is 67.1 cm³/mol. The van der Waals surface area contributed by atoms with E-state index in [2.05, 4.69) is 5.32 Å². The second kappa shape index (κ2) is 5.67. The van der Waals surface area contributed by atoms with Gasteiger partial charge < -0.3 is 10.4 Å². The van der Waals surface area contributed by atoms with Gasteiger partial charge in [0.2, 0.25) is 0 Å². The summed E-state index contributed by atoms with van der Waals surface area (Å²) in [4.78, 5) is 12.0. The van der Waals surface area contributed by atoms with Crippen molar-refractivity contribution in [2.24, 2.45) is 5.92 Å². The first-order valence-corrected chi connectivity index (χ1v) is 6.36. The Labute approximate surface area is 110 Å². The number of hydrogen-bond acceptors (Lipinski definition) is 2. The van der Waals surface area contributed by atoms with Crippen LogP contribution in [0.15, 0.2) is 18.2 Å². The molecule has 2 N–H and O–H groups in total. The van der Waals surface area contributed by atoms with E-state index in [9.17, 15) is 14.3 Å². The van der Waals surface area contributed by atoms with E-state index < -0.39 is 5.82 Å². The van der Waals surface area contributed by atoms with Crippen molar-refractivity contribution in [3.63, 3.8) is 0 Å². The van der Waals surface area contributed by atoms with E-state index in [0.29, 0.717) is 0 Å². The minimum Gasteiger partial charge on any atom is -0.396 e. The van der Waals surface area contributed by atoms with Crippen molar-refractivity contribution >= 4 is 17.5 Å². The van der Waals surface area contributed by atoms with Gasteiger partial charge in [-0.1, -0.05) is 18.0 Å². The molecule has 1 aliphatic rings. The maximum atomic E-state index is 12.9. The largest absolute Gasteiger partial charge is 0.396 e. The molecule has 0 aliphatic heterocycles. The zero-order valence-corrected chi connectivity index (χ0v) is 10.6. The summed E-state index contributed by atoms with van der Waals surface area (Å²) in [5, 5.41) is 12.1. The molecule has 3 nitrogen and oxygen atoms in total. The highest BCUT2D eigenvalue weighted by Gasteiger charge is 2.28. The normalized spacial score (nSPS) is 23.1. The van der Waals surface area contributed by atoms with E-state index >= 15 is 0 Å². The minimum atomic E-state index is -0.467. The topological polar surface area (TPSA) is 49.3 Å². The molecule has 1 aliphatic carbocycles. The average molecular weight is 272 g/mol. The summed E-state index contributed by atoms with van der Waals surface area (Å²) < 4.78 is 12.9. The molecule has 1 amide bonds. The predicted octanol–water partition coefficient (Wildman–Crippen LogP) is 2.37. The van der Waals surface area contributed by atoms with E-state index in [0.717, 1.165) is 25.3 Å². The van der Waals surface area contributed by atoms with E-state index in [1.165, 1.54) is 12.1 Å². The molecule has 1 aromatic rings. The number of carbonyl (C=O) groups is 1. The molecule has 0 spiro atoms. The summed E-state index contributed by atoms with van der Waals surface area (Å²) in [7, 11) is 0. The fourth-order valence-corrected chi connectivity index (χ4v) is 2.62. The number of aliphatic hydroxyl groups is 1. The van der Waals surface area contributed by atoms with Crippen molar-refractivity contribution < 1.29 is 14.3 Å². The Morgan fingerprint density at radius 3 is 2.94 bits per heavy atom. The van der Waals surface area contributed by atoms with Crippen molar-refractivity contribution in [1.82, 2.24) is 5.32 Å². The lowest BCUT2D eigenvalue weighted by atomic mass is 10.0. The fourth-order valence-electron chi connectivity index (χ4n) is 2.37. The number of carbonyl (C=O) groups excluding carboxylic acids is 1. The summed E-state index contributed by atoms with van der Waals surface area (Å²) in [6.45, 7) is 0.0715. The van der Waals surface area contributed by atoms with Crippen molar-refractivity contribution in [2.45, 2.75) is 25.3 Å². The minimum absolute atomic E-state index is 0.0244. The van der Waals surface area contributed by atoms with Gasteiger partial charge in [0.05, 0.1) is 10.6 Å². The number of nitrogens with one attached hydrogen (secondary N) is 1. The van der Waals surface area contributed by atoms with Crippen LogP contribution in [0.5, 0.6) is 0 Å². The van der Waals surface area contributed by atoms with Crippen LogP contribution in [0.3, 0.4) is 0 Å². The monoisotopic (exact) mass is 271 g/mol. The molecule has 0 aromatic heterocycles. The summed E-state index contributed by atoms with van der Waals surface area (Å²) >= 11 is 5.83. The third-order valence-electron chi connectivity index (χ3n) is 3.39. The third kappa shape index (κ3) is 2.82. The molecule has 0 heterocycles. The highest BCUT2D eigenvalue weighted by Crippen LogP contribution is 2.26. The van der Waals surface area contributed by atoms with Gasteiger partial charge in [-0.3, -0.25) is 4.79 Å². The Morgan fingerprint density at radius 1 is 1.50 bits per heavy atom. The number of benzene rings is 1. The Hall–Kier alpha value is -1.13. The molecule has 0 saturated heterocycles. The molecule has 18 heavy (non-hydrogen) atoms. The van der Waals surface area contributed by atoms with Gasteiger partial charge in [0.15, 0.2) is 0 Å². The highest BCUT2D eigenvalue weighted by atomic mass is 35.5. The van der Waals surface area contributed by atoms with Crippen molar-refractivity contribution in [3.05, 3.63) is 34.6 Å². The summed E-state index contributed by atoms with van der Waals surface area (Å²) in [6.07, 6.45) is 2.77. The van der Waals surface area contributed by atoms with E-state index in [-0.39, 0.29) is 35.1 Å². The molecule has 0 radical (unpaired) electrons. The summed E-state index contributed by atoms with van der Waals surface area (Å²) in [5.41, 5.74) is 0.265. The number of hydrogen-bond donors (Lipinski definition) is 2. The Kier molecular flexibility index (Phi) is 4.19. The molecule has 1 saturated carbocycles. The maximum Gasteiger partial charge on any atom is 0.253 e. The first-order valence-electron chi connectivity index (χ1n) is 5.98. The SMILES string of the molecule is O=C(NC1CCCC1CO)c1ccc(F)cc1Cl. The highest BCUT2D eigenvalue weighted by molar-refractivity contribution is 6.33. The van der Waals surface area contributed by atoms with Gasteiger partial charge in [-0.15, -0.1) is 0 Å². The first-order chi connectivity index (χ1) is 8.61. The van der Waals surface area contributed by atoms with Gasteiger partial charge in [-0.25, -0.2) is 4.39 Å². The molecule has 5 heteroatoms. The van der Waals surface area contributed by atoms with Crippen LogP contribution in [0.25, 0.3) is 0 Å². The van der Waals surface area contributed by atoms with Gasteiger partial charge in [0.25, 0.3) is 5.91 Å². The van der Waals surface area contributed by atoms with Crippen molar-refractivity contribution in [1.29, 1.82) is 0 Å². The molecular weight excluding hydrogens is 257 g/mol. The second-order valence-corrected chi connectivity index (χ2v) is 4.98. The Balaban J connectivity index is 2.07. The van der Waals surface area contributed by atoms with Crippen LogP contribution in [-0.2, 0) is 0 Å². The Morgan fingerprint density at radius 2 is 2.28 bits per heavy atom. The number of aliphatic hydroxyl groups excluding tert-OH is 1. The summed E-state index contributed by atoms with van der Waals surface area (Å²) in [5.74, 6) is -0.677. The van der Waals surface area contributed by atoms with Crippen LogP contribution < -0.4 is 5.32 Å². The van der Waals surface area contributed by atoms with E-state index in [4.69, 9.17) is 11.6 Å². The van der Waals surface area contributed by atoms with Crippen LogP contribution in [0, 0.1) is 11.7 Å². The van der Waals surface area contributed by atoms with Crippen molar-refractivity contribution in [3.8, 4) is 0 Å². The number of halogens is 2. The smallest absolute Gasteiger partial charge is 0.253 e. The van der Waals surface area contributed by atoms with Crippen LogP contribution in [-0.4, -0.2) is 23.7 Å². The molecule has 2 rings (SSSR count). The van der Waals surface area contributed by atoms with Gasteiger partial charge in [-0.05, 0) is 31.0 Å². The third-order valence-corrected chi connectivity index (χ3v) is 3.70. The van der Waals surface area contributed by atoms with Gasteiger partial charge in [0, 0.05) is 18.6 Å². The molecule has 1 aromatic carbocycles. The quantitative estimate of drug-likeness (QED) is 0.887. The lowest BCUT2D eigenvalue weighted by molar-refractivity contribution is 0.0916. The second-order valence-electron chi connectivity index (χ2n) is 4.58. The lowest BCUT2D eigenvalue weighted by Gasteiger charge is -2.19. The van der Waals surface area contributed by atoms with Crippen LogP contribution >= 0.6 is 11.6 Å². The summed E-state index contributed by atoms with van der Waals surface area (Å²) in [6, 6.07) is 3.67. The molecule has 0 bridgehead atoms. The average Bonchev–Trinajstić information content (AvgIpc) is 2.76. The van der Waals surface area contributed by atoms with Gasteiger partial charge in [-0.2, -0.15) is 0 Å². The van der Waals surface area contributed by atoms with Gasteiger partial charge >= 0.3 is 0 Å². The van der Waals surface area contributed by atoms with Gasteiger partial charge in [0.1, 0.15) is 5.82 Å². The fraction of sp³-hybridized carbons (Fsp3) is 0.462. The van der Waals surface area contributed by atoms with E-state index in [1.54, 1.807) is 0 Å². The molecule has 1 fully saturated rings. The Bertz CT molecular complexity index is 453. The maximum absolute atomic E-state index is 12.9. The number of amides is 1. The first kappa shape index (κ1) is 13.3. The van der Waals surface area contributed by atoms with Crippen LogP contribution in [0.2, 0.25) is 5.02 Å². The molecule has 2 unspecified atom stereocenters. The van der Waals surface area contributed by atoms with Crippen molar-refractivity contribution in [2.75, 3.05) is 6.61 Å². The van der Waals surface area contributed by atoms with Crippen LogP contribution in [0.4, 0.5) is 4.39 Å². The lowest BCUT2D eigenvalue weighted by Crippen LogP contribution is -2.38. The molecular formula is C13H15ClFNO2. The van der Waals surface area contributed by atoms with E-state index in [1.807, 2.05) is 0 Å². The van der Waals surface area contributed by atoms with Crippen LogP contribution in [0.1, 0.15) is 29.6 Å². The zero-order chi connectivity index (χ0) is 13.1. The number of rotatable bonds is 3. The standard InChI is InChI=1S/C13H15ClFNO2/c14-11-6-9(15)4-5-10(11)13(18)16-12-3-1-2-8(12)7-17/h4-6,8,12,17H,1-3,7H2,(H,16,18). The zero-order valence-electron chi connectivity index (χ0n) is 9.83. The molecule has 98 valence electrons. The molecule has 2 atom stereocenters.